The van der Waals surface area contributed by atoms with Crippen molar-refractivity contribution in [1.29, 1.82) is 0 Å². The lowest BCUT2D eigenvalue weighted by Crippen LogP contribution is -2.04. The topological polar surface area (TPSA) is 62.3 Å². The molecule has 1 aromatic heterocycles. The van der Waals surface area contributed by atoms with Crippen LogP contribution >= 0.6 is 0 Å². The van der Waals surface area contributed by atoms with E-state index in [4.69, 9.17) is 9.84 Å². The van der Waals surface area contributed by atoms with Crippen LogP contribution < -0.4 is 0 Å². The lowest BCUT2D eigenvalue weighted by Gasteiger charge is -2.03. The lowest BCUT2D eigenvalue weighted by atomic mass is 10.1. The Hall–Kier alpha value is -2.23. The highest BCUT2D eigenvalue weighted by Crippen LogP contribution is 2.16. The molecule has 0 aliphatic rings. The van der Waals surface area contributed by atoms with Crippen molar-refractivity contribution in [2.75, 3.05) is 6.61 Å². The van der Waals surface area contributed by atoms with E-state index in [1.54, 1.807) is 6.92 Å². The fourth-order valence-electron chi connectivity index (χ4n) is 1.63. The van der Waals surface area contributed by atoms with Crippen LogP contribution in [0, 0.1) is 0 Å². The predicted molar refractivity (Wildman–Crippen MR) is 65.5 cm³/mol. The van der Waals surface area contributed by atoms with E-state index in [9.17, 15) is 4.79 Å². The molecule has 0 radical (unpaired) electrons. The maximum absolute atomic E-state index is 10.9. The Morgan fingerprint density at radius 3 is 3.00 bits per heavy atom. The Morgan fingerprint density at radius 2 is 2.29 bits per heavy atom. The van der Waals surface area contributed by atoms with Crippen molar-refractivity contribution in [3.8, 4) is 0 Å². The second kappa shape index (κ2) is 4.74. The first-order chi connectivity index (χ1) is 8.20. The van der Waals surface area contributed by atoms with Crippen molar-refractivity contribution in [1.82, 2.24) is 4.98 Å². The van der Waals surface area contributed by atoms with Gasteiger partial charge in [-0.15, -0.1) is 0 Å². The first-order valence-electron chi connectivity index (χ1n) is 5.35. The summed E-state index contributed by atoms with van der Waals surface area (Å²) in [6.07, 6.45) is 3.37. The predicted octanol–water partition coefficient (Wildman–Crippen LogP) is 2.63. The molecule has 4 heteroatoms. The van der Waals surface area contributed by atoms with Crippen LogP contribution in [0.2, 0.25) is 0 Å². The van der Waals surface area contributed by atoms with Gasteiger partial charge in [0.2, 0.25) is 5.76 Å². The largest absolute Gasteiger partial charge is 0.487 e. The monoisotopic (exact) mass is 231 g/mol. The Balaban J connectivity index is 2.37. The van der Waals surface area contributed by atoms with Gasteiger partial charge >= 0.3 is 5.97 Å². The van der Waals surface area contributed by atoms with Gasteiger partial charge in [-0.2, -0.15) is 0 Å². The van der Waals surface area contributed by atoms with Crippen molar-refractivity contribution < 1.29 is 14.6 Å². The Kier molecular flexibility index (Phi) is 3.14. The Bertz CT molecular complexity index is 569. The van der Waals surface area contributed by atoms with Crippen LogP contribution in [0.25, 0.3) is 17.0 Å². The summed E-state index contributed by atoms with van der Waals surface area (Å²) in [7, 11) is 0. The molecule has 0 unspecified atom stereocenters. The fraction of sp³-hybridized carbons (Fsp3) is 0.154. The van der Waals surface area contributed by atoms with Gasteiger partial charge in [0.15, 0.2) is 0 Å². The summed E-state index contributed by atoms with van der Waals surface area (Å²) >= 11 is 0. The number of rotatable bonds is 4. The summed E-state index contributed by atoms with van der Waals surface area (Å²) in [6, 6.07) is 7.64. The summed E-state index contributed by atoms with van der Waals surface area (Å²) in [4.78, 5) is 14.0. The smallest absolute Gasteiger partial charge is 0.371 e. The highest BCUT2D eigenvalue weighted by molar-refractivity contribution is 5.91. The summed E-state index contributed by atoms with van der Waals surface area (Å²) in [5, 5.41) is 10.0. The number of hydrogen-bond donors (Lipinski definition) is 2. The summed E-state index contributed by atoms with van der Waals surface area (Å²) in [6.45, 7) is 2.09. The van der Waals surface area contributed by atoms with Crippen molar-refractivity contribution >= 4 is 22.9 Å². The molecular formula is C13H13NO3. The third-order valence-corrected chi connectivity index (χ3v) is 2.39. The molecule has 2 aromatic rings. The fourth-order valence-corrected chi connectivity index (χ4v) is 1.63. The number of ether oxygens (including phenoxy) is 1. The van der Waals surface area contributed by atoms with Crippen LogP contribution in [-0.2, 0) is 9.53 Å². The molecule has 17 heavy (non-hydrogen) atoms. The van der Waals surface area contributed by atoms with Gasteiger partial charge in [0, 0.05) is 11.7 Å². The Labute approximate surface area is 98.5 Å². The van der Waals surface area contributed by atoms with E-state index >= 15 is 0 Å². The third kappa shape index (κ3) is 2.47. The van der Waals surface area contributed by atoms with Gasteiger partial charge in [-0.3, -0.25) is 0 Å². The van der Waals surface area contributed by atoms with Gasteiger partial charge in [-0.25, -0.2) is 4.79 Å². The quantitative estimate of drug-likeness (QED) is 0.628. The standard InChI is InChI=1S/C13H13NO3/c1-2-17-12(13(15)16)8-9-3-4-10-5-6-14-11(10)7-9/h3-8,14H,2H2,1H3,(H,15,16)/b12-8-. The van der Waals surface area contributed by atoms with Crippen LogP contribution in [0.5, 0.6) is 0 Å². The molecule has 0 aliphatic carbocycles. The van der Waals surface area contributed by atoms with Crippen molar-refractivity contribution in [2.24, 2.45) is 0 Å². The van der Waals surface area contributed by atoms with E-state index in [0.717, 1.165) is 16.5 Å². The highest BCUT2D eigenvalue weighted by atomic mass is 16.5. The van der Waals surface area contributed by atoms with Gasteiger partial charge in [0.1, 0.15) is 0 Å². The number of aromatic amines is 1. The average molecular weight is 231 g/mol. The molecule has 0 fully saturated rings. The van der Waals surface area contributed by atoms with E-state index in [2.05, 4.69) is 4.98 Å². The zero-order valence-corrected chi connectivity index (χ0v) is 9.43. The number of benzene rings is 1. The maximum Gasteiger partial charge on any atom is 0.371 e. The molecular weight excluding hydrogens is 218 g/mol. The molecule has 0 amide bonds. The number of hydrogen-bond acceptors (Lipinski definition) is 2. The van der Waals surface area contributed by atoms with E-state index in [1.807, 2.05) is 30.5 Å². The van der Waals surface area contributed by atoms with E-state index in [-0.39, 0.29) is 5.76 Å². The minimum Gasteiger partial charge on any atom is -0.487 e. The van der Waals surface area contributed by atoms with Gasteiger partial charge < -0.3 is 14.8 Å². The van der Waals surface area contributed by atoms with E-state index < -0.39 is 5.97 Å². The molecule has 88 valence electrons. The van der Waals surface area contributed by atoms with Crippen LogP contribution in [0.1, 0.15) is 12.5 Å². The zero-order valence-electron chi connectivity index (χ0n) is 9.43. The zero-order chi connectivity index (χ0) is 12.3. The molecule has 0 spiro atoms. The minimum atomic E-state index is -1.06. The van der Waals surface area contributed by atoms with Gasteiger partial charge in [-0.05, 0) is 36.1 Å². The number of carbonyl (C=O) groups is 1. The van der Waals surface area contributed by atoms with Crippen LogP contribution in [0.15, 0.2) is 36.2 Å². The molecule has 0 atom stereocenters. The molecule has 0 saturated heterocycles. The van der Waals surface area contributed by atoms with Crippen molar-refractivity contribution in [3.05, 3.63) is 41.8 Å². The van der Waals surface area contributed by atoms with Gasteiger partial charge in [0.05, 0.1) is 6.61 Å². The SMILES string of the molecule is CCO/C(=C\c1ccc2cc[nH]c2c1)C(=O)O. The number of fused-ring (bicyclic) bond motifs is 1. The molecule has 0 aliphatic heterocycles. The molecule has 2 rings (SSSR count). The number of H-pyrrole nitrogens is 1. The molecule has 1 aromatic carbocycles. The third-order valence-electron chi connectivity index (χ3n) is 2.39. The molecule has 2 N–H and O–H groups in total. The van der Waals surface area contributed by atoms with Gasteiger partial charge in [0.25, 0.3) is 0 Å². The van der Waals surface area contributed by atoms with Gasteiger partial charge in [-0.1, -0.05) is 12.1 Å². The van der Waals surface area contributed by atoms with Crippen LogP contribution in [0.3, 0.4) is 0 Å². The van der Waals surface area contributed by atoms with Crippen molar-refractivity contribution in [3.63, 3.8) is 0 Å². The number of aliphatic carboxylic acids is 1. The second-order valence-corrected chi connectivity index (χ2v) is 3.57. The Morgan fingerprint density at radius 1 is 1.47 bits per heavy atom. The van der Waals surface area contributed by atoms with Crippen LogP contribution in [-0.4, -0.2) is 22.7 Å². The van der Waals surface area contributed by atoms with Crippen molar-refractivity contribution in [2.45, 2.75) is 6.92 Å². The first-order valence-corrected chi connectivity index (χ1v) is 5.35. The molecule has 0 bridgehead atoms. The average Bonchev–Trinajstić information content (AvgIpc) is 2.75. The number of aromatic nitrogens is 1. The first kappa shape index (κ1) is 11.3. The molecule has 0 saturated carbocycles. The normalized spacial score (nSPS) is 11.7. The molecule has 4 nitrogen and oxygen atoms in total. The van der Waals surface area contributed by atoms with E-state index in [1.165, 1.54) is 6.08 Å². The van der Waals surface area contributed by atoms with E-state index in [0.29, 0.717) is 6.61 Å². The number of nitrogens with one attached hydrogen (secondary N) is 1. The summed E-state index contributed by atoms with van der Waals surface area (Å²) in [5.41, 5.74) is 1.77. The maximum atomic E-state index is 10.9. The lowest BCUT2D eigenvalue weighted by molar-refractivity contribution is -0.136. The van der Waals surface area contributed by atoms with Crippen LogP contribution in [0.4, 0.5) is 0 Å². The summed E-state index contributed by atoms with van der Waals surface area (Å²) in [5.74, 6) is -1.10. The molecule has 1 heterocycles. The minimum absolute atomic E-state index is 0.0431. The second-order valence-electron chi connectivity index (χ2n) is 3.57. The summed E-state index contributed by atoms with van der Waals surface area (Å²) < 4.78 is 5.05. The number of carboxylic acids is 1. The number of carboxylic acid groups (broad SMARTS) is 1. The highest BCUT2D eigenvalue weighted by Gasteiger charge is 2.07.